The molecule has 0 aromatic heterocycles. The van der Waals surface area contributed by atoms with E-state index in [0.29, 0.717) is 24.0 Å². The maximum Gasteiger partial charge on any atom is 0.241 e. The lowest BCUT2D eigenvalue weighted by atomic mass is 10.1. The molecule has 0 amide bonds. The van der Waals surface area contributed by atoms with Gasteiger partial charge in [0.2, 0.25) is 10.0 Å². The normalized spacial score (nSPS) is 26.2. The fraction of sp³-hybridized carbons (Fsp3) is 0.600. The first kappa shape index (κ1) is 15.0. The summed E-state index contributed by atoms with van der Waals surface area (Å²) < 4.78 is 33.9. The van der Waals surface area contributed by atoms with Crippen LogP contribution in [0.4, 0.5) is 0 Å². The molecule has 6 heteroatoms. The van der Waals surface area contributed by atoms with Crippen LogP contribution < -0.4 is 10.5 Å². The smallest absolute Gasteiger partial charge is 0.241 e. The van der Waals surface area contributed by atoms with E-state index in [1.165, 1.54) is 0 Å². The third-order valence-corrected chi connectivity index (χ3v) is 6.07. The minimum absolute atomic E-state index is 0.0396. The Labute approximate surface area is 125 Å². The van der Waals surface area contributed by atoms with Crippen LogP contribution >= 0.6 is 0 Å². The first-order chi connectivity index (χ1) is 10.0. The van der Waals surface area contributed by atoms with E-state index in [2.05, 4.69) is 4.72 Å². The molecule has 1 saturated carbocycles. The monoisotopic (exact) mass is 310 g/mol. The number of hydrogen-bond acceptors (Lipinski definition) is 4. The Kier molecular flexibility index (Phi) is 4.05. The molecule has 1 saturated heterocycles. The molecule has 1 aliphatic carbocycles. The average Bonchev–Trinajstić information content (AvgIpc) is 3.19. The summed E-state index contributed by atoms with van der Waals surface area (Å²) in [5.74, 6) is 0.525. The number of rotatable bonds is 5. The van der Waals surface area contributed by atoms with Gasteiger partial charge in [-0.05, 0) is 49.3 Å². The summed E-state index contributed by atoms with van der Waals surface area (Å²) >= 11 is 0. The van der Waals surface area contributed by atoms with Gasteiger partial charge >= 0.3 is 0 Å². The predicted molar refractivity (Wildman–Crippen MR) is 80.3 cm³/mol. The van der Waals surface area contributed by atoms with E-state index in [0.717, 1.165) is 30.4 Å². The Morgan fingerprint density at radius 2 is 2.10 bits per heavy atom. The van der Waals surface area contributed by atoms with Crippen LogP contribution in [0.15, 0.2) is 23.1 Å². The van der Waals surface area contributed by atoms with E-state index in [9.17, 15) is 8.42 Å². The molecule has 3 N–H and O–H groups in total. The zero-order chi connectivity index (χ0) is 15.0. The first-order valence-electron chi connectivity index (χ1n) is 7.45. The van der Waals surface area contributed by atoms with Crippen molar-refractivity contribution in [2.45, 2.75) is 49.8 Å². The zero-order valence-electron chi connectivity index (χ0n) is 12.2. The van der Waals surface area contributed by atoms with Crippen molar-refractivity contribution in [3.05, 3.63) is 29.3 Å². The first-order valence-corrected chi connectivity index (χ1v) is 8.94. The van der Waals surface area contributed by atoms with Crippen LogP contribution in [0.1, 0.15) is 30.4 Å². The Hall–Kier alpha value is -0.950. The summed E-state index contributed by atoms with van der Waals surface area (Å²) in [6.07, 6.45) is 3.07. The van der Waals surface area contributed by atoms with Crippen LogP contribution in [0.5, 0.6) is 0 Å². The van der Waals surface area contributed by atoms with Gasteiger partial charge in [0.05, 0.1) is 17.0 Å². The minimum atomic E-state index is -3.53. The minimum Gasteiger partial charge on any atom is -0.376 e. The van der Waals surface area contributed by atoms with Gasteiger partial charge in [0.1, 0.15) is 0 Å². The molecular formula is C15H22N2O3S. The lowest BCUT2D eigenvalue weighted by Crippen LogP contribution is -2.41. The summed E-state index contributed by atoms with van der Waals surface area (Å²) in [5.41, 5.74) is 7.25. The molecule has 3 rings (SSSR count). The van der Waals surface area contributed by atoms with E-state index in [1.807, 2.05) is 6.07 Å². The summed E-state index contributed by atoms with van der Waals surface area (Å²) in [6.45, 7) is 2.78. The Bertz CT molecular complexity index is 626. The van der Waals surface area contributed by atoms with Crippen molar-refractivity contribution < 1.29 is 13.2 Å². The number of sulfonamides is 1. The van der Waals surface area contributed by atoms with Gasteiger partial charge in [0, 0.05) is 13.2 Å². The van der Waals surface area contributed by atoms with Crippen molar-refractivity contribution >= 4 is 10.0 Å². The summed E-state index contributed by atoms with van der Waals surface area (Å²) in [6, 6.07) is 5.13. The largest absolute Gasteiger partial charge is 0.376 e. The van der Waals surface area contributed by atoms with Gasteiger partial charge in [-0.25, -0.2) is 13.1 Å². The molecule has 0 radical (unpaired) electrons. The molecule has 1 heterocycles. The van der Waals surface area contributed by atoms with E-state index >= 15 is 0 Å². The quantitative estimate of drug-likeness (QED) is 0.859. The van der Waals surface area contributed by atoms with Gasteiger partial charge in [0.15, 0.2) is 0 Å². The van der Waals surface area contributed by atoms with E-state index in [1.54, 1.807) is 19.1 Å². The Morgan fingerprint density at radius 1 is 1.33 bits per heavy atom. The highest BCUT2D eigenvalue weighted by molar-refractivity contribution is 7.89. The van der Waals surface area contributed by atoms with Crippen LogP contribution in [-0.4, -0.2) is 27.2 Å². The molecule has 2 unspecified atom stereocenters. The lowest BCUT2D eigenvalue weighted by Gasteiger charge is -2.20. The van der Waals surface area contributed by atoms with Crippen LogP contribution in [-0.2, 0) is 21.3 Å². The maximum atomic E-state index is 12.7. The van der Waals surface area contributed by atoms with Gasteiger partial charge in [0.25, 0.3) is 0 Å². The van der Waals surface area contributed by atoms with Crippen LogP contribution in [0.3, 0.4) is 0 Å². The second-order valence-corrected chi connectivity index (χ2v) is 7.62. The second kappa shape index (κ2) is 5.68. The number of hydrogen-bond donors (Lipinski definition) is 2. The molecule has 1 aliphatic heterocycles. The molecule has 0 bridgehead atoms. The van der Waals surface area contributed by atoms with Crippen LogP contribution in [0, 0.1) is 12.8 Å². The highest BCUT2D eigenvalue weighted by atomic mass is 32.2. The highest BCUT2D eigenvalue weighted by Gasteiger charge is 2.42. The van der Waals surface area contributed by atoms with Crippen molar-refractivity contribution in [1.29, 1.82) is 0 Å². The van der Waals surface area contributed by atoms with Gasteiger partial charge < -0.3 is 10.5 Å². The number of benzene rings is 1. The van der Waals surface area contributed by atoms with E-state index in [4.69, 9.17) is 10.5 Å². The Morgan fingerprint density at radius 3 is 2.76 bits per heavy atom. The fourth-order valence-electron chi connectivity index (χ4n) is 3.06. The summed E-state index contributed by atoms with van der Waals surface area (Å²) in [5, 5.41) is 0. The molecule has 1 aromatic rings. The second-order valence-electron chi connectivity index (χ2n) is 5.93. The van der Waals surface area contributed by atoms with Crippen LogP contribution in [0.25, 0.3) is 0 Å². The molecule has 2 aliphatic rings. The molecule has 0 spiro atoms. The molecular weight excluding hydrogens is 288 g/mol. The molecule has 2 fully saturated rings. The van der Waals surface area contributed by atoms with Gasteiger partial charge in [-0.1, -0.05) is 12.1 Å². The SMILES string of the molecule is Cc1c(CN)cccc1S(=O)(=O)NC1CCOC1C1CC1. The third-order valence-electron chi connectivity index (χ3n) is 4.43. The predicted octanol–water partition coefficient (Wildman–Crippen LogP) is 1.30. The number of ether oxygens (including phenoxy) is 1. The van der Waals surface area contributed by atoms with Crippen LogP contribution in [0.2, 0.25) is 0 Å². The average molecular weight is 310 g/mol. The van der Waals surface area contributed by atoms with E-state index < -0.39 is 10.0 Å². The van der Waals surface area contributed by atoms with Crippen molar-refractivity contribution in [2.24, 2.45) is 11.7 Å². The van der Waals surface area contributed by atoms with Crippen molar-refractivity contribution in [3.63, 3.8) is 0 Å². The number of nitrogens with one attached hydrogen (secondary N) is 1. The standard InChI is InChI=1S/C15H22N2O3S/c1-10-12(9-16)3-2-4-14(10)21(18,19)17-13-7-8-20-15(13)11-5-6-11/h2-4,11,13,15,17H,5-9,16H2,1H3. The summed E-state index contributed by atoms with van der Waals surface area (Å²) in [7, 11) is -3.53. The fourth-order valence-corrected chi connectivity index (χ4v) is 4.63. The van der Waals surface area contributed by atoms with Gasteiger partial charge in [-0.3, -0.25) is 0 Å². The molecule has 2 atom stereocenters. The Balaban J connectivity index is 1.83. The van der Waals surface area contributed by atoms with Crippen molar-refractivity contribution in [1.82, 2.24) is 4.72 Å². The van der Waals surface area contributed by atoms with Gasteiger partial charge in [-0.2, -0.15) is 0 Å². The zero-order valence-corrected chi connectivity index (χ0v) is 13.0. The van der Waals surface area contributed by atoms with Crippen molar-refractivity contribution in [2.75, 3.05) is 6.61 Å². The molecule has 1 aromatic carbocycles. The maximum absolute atomic E-state index is 12.7. The topological polar surface area (TPSA) is 81.4 Å². The van der Waals surface area contributed by atoms with Gasteiger partial charge in [-0.15, -0.1) is 0 Å². The summed E-state index contributed by atoms with van der Waals surface area (Å²) in [4.78, 5) is 0.326. The highest BCUT2D eigenvalue weighted by Crippen LogP contribution is 2.39. The lowest BCUT2D eigenvalue weighted by molar-refractivity contribution is 0.0848. The van der Waals surface area contributed by atoms with E-state index in [-0.39, 0.29) is 12.1 Å². The van der Waals surface area contributed by atoms with Crippen molar-refractivity contribution in [3.8, 4) is 0 Å². The molecule has 116 valence electrons. The number of nitrogens with two attached hydrogens (primary N) is 1. The molecule has 5 nitrogen and oxygen atoms in total. The third kappa shape index (κ3) is 2.99. The molecule has 21 heavy (non-hydrogen) atoms.